The van der Waals surface area contributed by atoms with Gasteiger partial charge >= 0.3 is 5.97 Å². The lowest BCUT2D eigenvalue weighted by Gasteiger charge is -2.30. The molecule has 0 aliphatic carbocycles. The third-order valence-electron chi connectivity index (χ3n) is 6.02. The molecule has 29 heavy (non-hydrogen) atoms. The van der Waals surface area contributed by atoms with Gasteiger partial charge in [0, 0.05) is 6.42 Å². The fourth-order valence-electron chi connectivity index (χ4n) is 3.91. The molecule has 174 valence electrons. The number of quaternary nitrogens is 1. The lowest BCUT2D eigenvalue weighted by atomic mass is 10.1. The highest BCUT2D eigenvalue weighted by Gasteiger charge is 2.13. The van der Waals surface area contributed by atoms with E-state index >= 15 is 0 Å². The van der Waals surface area contributed by atoms with Crippen LogP contribution in [0.25, 0.3) is 0 Å². The number of ether oxygens (including phenoxy) is 1. The van der Waals surface area contributed by atoms with E-state index in [1.54, 1.807) is 0 Å². The standard InChI is InChI=1S/C26H54NO2/c1-5-7-9-10-15-19-23-27(3,4)24-20-16-13-11-12-14-17-21-25-29-26(28)22-18-8-6-2/h5-25H2,1-4H3/q+1. The third-order valence-corrected chi connectivity index (χ3v) is 6.02. The summed E-state index contributed by atoms with van der Waals surface area (Å²) in [5, 5.41) is 0. The fourth-order valence-corrected chi connectivity index (χ4v) is 3.91. The summed E-state index contributed by atoms with van der Waals surface area (Å²) in [6.45, 7) is 7.74. The summed E-state index contributed by atoms with van der Waals surface area (Å²) >= 11 is 0. The molecule has 0 amide bonds. The Balaban J connectivity index is 3.34. The number of rotatable bonds is 22. The Morgan fingerprint density at radius 3 is 1.52 bits per heavy atom. The van der Waals surface area contributed by atoms with Crippen LogP contribution in [0.15, 0.2) is 0 Å². The summed E-state index contributed by atoms with van der Waals surface area (Å²) in [5.74, 6) is -0.00345. The fraction of sp³-hybridized carbons (Fsp3) is 0.962. The molecule has 0 atom stereocenters. The van der Waals surface area contributed by atoms with Crippen molar-refractivity contribution in [2.75, 3.05) is 33.8 Å². The van der Waals surface area contributed by atoms with Crippen molar-refractivity contribution in [1.82, 2.24) is 0 Å². The molecule has 0 aliphatic rings. The van der Waals surface area contributed by atoms with E-state index in [2.05, 4.69) is 27.9 Å². The summed E-state index contributed by atoms with van der Waals surface area (Å²) in [6, 6.07) is 0. The number of esters is 1. The molecule has 0 unspecified atom stereocenters. The zero-order valence-electron chi connectivity index (χ0n) is 20.6. The van der Waals surface area contributed by atoms with Crippen LogP contribution in [0.2, 0.25) is 0 Å². The topological polar surface area (TPSA) is 26.3 Å². The average molecular weight is 413 g/mol. The summed E-state index contributed by atoms with van der Waals surface area (Å²) < 4.78 is 6.49. The molecule has 0 radical (unpaired) electrons. The lowest BCUT2D eigenvalue weighted by Crippen LogP contribution is -2.41. The van der Waals surface area contributed by atoms with Crippen LogP contribution in [0, 0.1) is 0 Å². The normalized spacial score (nSPS) is 11.7. The number of hydrogen-bond acceptors (Lipinski definition) is 2. The minimum Gasteiger partial charge on any atom is -0.466 e. The van der Waals surface area contributed by atoms with Crippen molar-refractivity contribution < 1.29 is 14.0 Å². The second-order valence-corrected chi connectivity index (χ2v) is 9.66. The van der Waals surface area contributed by atoms with Gasteiger partial charge in [-0.1, -0.05) is 84.5 Å². The molecule has 0 N–H and O–H groups in total. The van der Waals surface area contributed by atoms with Gasteiger partial charge < -0.3 is 9.22 Å². The first-order valence-electron chi connectivity index (χ1n) is 13.0. The van der Waals surface area contributed by atoms with Crippen molar-refractivity contribution in [1.29, 1.82) is 0 Å². The Kier molecular flexibility index (Phi) is 20.3. The van der Waals surface area contributed by atoms with E-state index in [9.17, 15) is 4.79 Å². The van der Waals surface area contributed by atoms with Gasteiger partial charge in [-0.2, -0.15) is 0 Å². The minimum atomic E-state index is -0.00345. The van der Waals surface area contributed by atoms with Gasteiger partial charge in [0.2, 0.25) is 0 Å². The molecule has 3 nitrogen and oxygen atoms in total. The van der Waals surface area contributed by atoms with Gasteiger partial charge in [-0.25, -0.2) is 0 Å². The molecule has 0 bridgehead atoms. The highest BCUT2D eigenvalue weighted by atomic mass is 16.5. The van der Waals surface area contributed by atoms with Crippen molar-refractivity contribution in [3.8, 4) is 0 Å². The maximum Gasteiger partial charge on any atom is 0.305 e. The molecule has 0 heterocycles. The van der Waals surface area contributed by atoms with Crippen molar-refractivity contribution in [2.24, 2.45) is 0 Å². The predicted octanol–water partition coefficient (Wildman–Crippen LogP) is 7.67. The van der Waals surface area contributed by atoms with E-state index in [0.29, 0.717) is 13.0 Å². The Morgan fingerprint density at radius 1 is 0.586 bits per heavy atom. The van der Waals surface area contributed by atoms with Gasteiger partial charge in [0.25, 0.3) is 0 Å². The molecule has 0 aromatic heterocycles. The maximum absolute atomic E-state index is 11.5. The largest absolute Gasteiger partial charge is 0.466 e. The first kappa shape index (κ1) is 28.4. The van der Waals surface area contributed by atoms with Crippen LogP contribution >= 0.6 is 0 Å². The molecule has 0 aromatic carbocycles. The van der Waals surface area contributed by atoms with Crippen LogP contribution in [-0.2, 0) is 9.53 Å². The maximum atomic E-state index is 11.5. The number of nitrogens with zero attached hydrogens (tertiary/aromatic N) is 1. The van der Waals surface area contributed by atoms with Gasteiger partial charge in [0.05, 0.1) is 33.8 Å². The molecular formula is C26H54NO2+. The Morgan fingerprint density at radius 2 is 1.00 bits per heavy atom. The molecule has 0 spiro atoms. The highest BCUT2D eigenvalue weighted by molar-refractivity contribution is 5.69. The van der Waals surface area contributed by atoms with Crippen molar-refractivity contribution in [3.05, 3.63) is 0 Å². The SMILES string of the molecule is CCCCCCCC[N+](C)(C)CCCCCCCCCCOC(=O)CCCCC. The first-order valence-corrected chi connectivity index (χ1v) is 13.0. The van der Waals surface area contributed by atoms with Gasteiger partial charge in [-0.3, -0.25) is 4.79 Å². The second-order valence-electron chi connectivity index (χ2n) is 9.66. The smallest absolute Gasteiger partial charge is 0.305 e. The first-order chi connectivity index (χ1) is 14.0. The third kappa shape index (κ3) is 21.9. The van der Waals surface area contributed by atoms with Gasteiger partial charge in [0.15, 0.2) is 0 Å². The van der Waals surface area contributed by atoms with E-state index in [1.165, 1.54) is 101 Å². The van der Waals surface area contributed by atoms with Crippen LogP contribution in [0.3, 0.4) is 0 Å². The summed E-state index contributed by atoms with van der Waals surface area (Å²) in [6.07, 6.45) is 22.6. The quantitative estimate of drug-likeness (QED) is 0.104. The molecule has 0 rings (SSSR count). The number of carbonyl (C=O) groups excluding carboxylic acids is 1. The predicted molar refractivity (Wildman–Crippen MR) is 127 cm³/mol. The van der Waals surface area contributed by atoms with Crippen LogP contribution in [0.5, 0.6) is 0 Å². The highest BCUT2D eigenvalue weighted by Crippen LogP contribution is 2.12. The van der Waals surface area contributed by atoms with E-state index in [0.717, 1.165) is 25.7 Å². The summed E-state index contributed by atoms with van der Waals surface area (Å²) in [4.78, 5) is 11.5. The molecule has 0 aliphatic heterocycles. The zero-order chi connectivity index (χ0) is 21.6. The van der Waals surface area contributed by atoms with Crippen LogP contribution in [0.1, 0.15) is 129 Å². The lowest BCUT2D eigenvalue weighted by molar-refractivity contribution is -0.890. The van der Waals surface area contributed by atoms with Crippen LogP contribution in [0.4, 0.5) is 0 Å². The van der Waals surface area contributed by atoms with E-state index in [1.807, 2.05) is 0 Å². The van der Waals surface area contributed by atoms with E-state index < -0.39 is 0 Å². The molecular weight excluding hydrogens is 358 g/mol. The van der Waals surface area contributed by atoms with Crippen molar-refractivity contribution >= 4 is 5.97 Å². The van der Waals surface area contributed by atoms with Crippen LogP contribution < -0.4 is 0 Å². The number of unbranched alkanes of at least 4 members (excludes halogenated alkanes) is 14. The molecule has 0 saturated heterocycles. The molecule has 0 fully saturated rings. The van der Waals surface area contributed by atoms with Gasteiger partial charge in [0.1, 0.15) is 0 Å². The minimum absolute atomic E-state index is 0.00345. The molecule has 0 aromatic rings. The Bertz CT molecular complexity index is 355. The number of hydrogen-bond donors (Lipinski definition) is 0. The van der Waals surface area contributed by atoms with Crippen molar-refractivity contribution in [2.45, 2.75) is 129 Å². The average Bonchev–Trinajstić information content (AvgIpc) is 2.69. The molecule has 0 saturated carbocycles. The Labute approximate surface area is 183 Å². The summed E-state index contributed by atoms with van der Waals surface area (Å²) in [5.41, 5.74) is 0. The molecule has 3 heteroatoms. The van der Waals surface area contributed by atoms with Gasteiger partial charge in [-0.05, 0) is 38.5 Å². The van der Waals surface area contributed by atoms with Crippen LogP contribution in [-0.4, -0.2) is 44.2 Å². The van der Waals surface area contributed by atoms with E-state index in [-0.39, 0.29) is 5.97 Å². The number of carbonyl (C=O) groups is 1. The second kappa shape index (κ2) is 20.7. The summed E-state index contributed by atoms with van der Waals surface area (Å²) in [7, 11) is 4.81. The van der Waals surface area contributed by atoms with Gasteiger partial charge in [-0.15, -0.1) is 0 Å². The van der Waals surface area contributed by atoms with Crippen molar-refractivity contribution in [3.63, 3.8) is 0 Å². The zero-order valence-corrected chi connectivity index (χ0v) is 20.6. The Hall–Kier alpha value is -0.570. The monoisotopic (exact) mass is 412 g/mol. The van der Waals surface area contributed by atoms with E-state index in [4.69, 9.17) is 4.74 Å².